The van der Waals surface area contributed by atoms with Crippen LogP contribution in [0.1, 0.15) is 75.7 Å². The van der Waals surface area contributed by atoms with Gasteiger partial charge in [-0.25, -0.2) is 8.42 Å². The quantitative estimate of drug-likeness (QED) is 0.359. The lowest BCUT2D eigenvalue weighted by molar-refractivity contribution is -0.390. The van der Waals surface area contributed by atoms with Crippen molar-refractivity contribution in [1.29, 1.82) is 0 Å². The molecule has 216 valence electrons. The molecule has 2 heterocycles. The third kappa shape index (κ3) is 5.17. The molecule has 0 unspecified atom stereocenters. The molecule has 8 nitrogen and oxygen atoms in total. The SMILES string of the molecule is CS(=O)(=O)N1CCN(CCCOc2ccc(C3CCC4(CC3)OOC3(O4)C4CC5CC(C4)CC3C5)cc2)CC1. The molecule has 0 N–H and O–H groups in total. The van der Waals surface area contributed by atoms with E-state index in [1.807, 2.05) is 0 Å². The molecule has 2 saturated heterocycles. The average Bonchev–Trinajstić information content (AvgIpc) is 3.30. The average molecular weight is 561 g/mol. The van der Waals surface area contributed by atoms with Crippen molar-refractivity contribution in [3.05, 3.63) is 29.8 Å². The van der Waals surface area contributed by atoms with Crippen LogP contribution in [0.5, 0.6) is 5.75 Å². The number of hydrogen-bond donors (Lipinski definition) is 0. The van der Waals surface area contributed by atoms with E-state index in [9.17, 15) is 8.42 Å². The maximum atomic E-state index is 11.7. The van der Waals surface area contributed by atoms with E-state index in [2.05, 4.69) is 29.2 Å². The van der Waals surface area contributed by atoms with Crippen LogP contribution < -0.4 is 4.74 Å². The Bertz CT molecular complexity index is 1100. The van der Waals surface area contributed by atoms with Crippen molar-refractivity contribution in [2.24, 2.45) is 23.7 Å². The van der Waals surface area contributed by atoms with Gasteiger partial charge < -0.3 is 14.4 Å². The molecule has 39 heavy (non-hydrogen) atoms. The van der Waals surface area contributed by atoms with E-state index in [0.29, 0.717) is 37.5 Å². The summed E-state index contributed by atoms with van der Waals surface area (Å²) < 4.78 is 37.8. The van der Waals surface area contributed by atoms with E-state index in [0.717, 1.165) is 69.3 Å². The maximum Gasteiger partial charge on any atom is 0.211 e. The Labute approximate surface area is 233 Å². The first-order valence-corrected chi connectivity index (χ1v) is 17.1. The van der Waals surface area contributed by atoms with Gasteiger partial charge in [-0.05, 0) is 86.8 Å². The van der Waals surface area contributed by atoms with Gasteiger partial charge in [-0.2, -0.15) is 14.1 Å². The Hall–Kier alpha value is -1.23. The molecule has 7 aliphatic rings. The van der Waals surface area contributed by atoms with E-state index in [1.165, 1.54) is 43.9 Å². The molecule has 0 aromatic heterocycles. The molecule has 0 atom stereocenters. The van der Waals surface area contributed by atoms with Crippen molar-refractivity contribution >= 4 is 10.0 Å². The molecule has 4 bridgehead atoms. The summed E-state index contributed by atoms with van der Waals surface area (Å²) in [6.45, 7) is 4.33. The summed E-state index contributed by atoms with van der Waals surface area (Å²) in [5.41, 5.74) is 1.36. The van der Waals surface area contributed by atoms with Crippen molar-refractivity contribution in [2.75, 3.05) is 45.6 Å². The van der Waals surface area contributed by atoms with Crippen molar-refractivity contribution in [1.82, 2.24) is 9.21 Å². The first kappa shape index (κ1) is 26.7. The normalized spacial score (nSPS) is 40.6. The van der Waals surface area contributed by atoms with Gasteiger partial charge in [-0.15, -0.1) is 0 Å². The van der Waals surface area contributed by atoms with Crippen LogP contribution in [-0.2, 0) is 24.5 Å². The summed E-state index contributed by atoms with van der Waals surface area (Å²) in [7, 11) is -3.07. The Morgan fingerprint density at radius 1 is 0.897 bits per heavy atom. The summed E-state index contributed by atoms with van der Waals surface area (Å²) in [6, 6.07) is 8.63. The van der Waals surface area contributed by atoms with Gasteiger partial charge in [0.25, 0.3) is 0 Å². The Balaban J connectivity index is 0.856. The van der Waals surface area contributed by atoms with Crippen molar-refractivity contribution in [3.63, 3.8) is 0 Å². The second-order valence-electron chi connectivity index (χ2n) is 13.3. The standard InChI is InChI=1S/C30H44N2O6S/c1-39(33,34)32-14-12-31(13-15-32)11-2-16-35-28-5-3-24(4-6-28)25-7-9-29(10-8-25)36-30(38-37-29)26-18-22-17-23(20-26)21-27(30)19-22/h3-6,22-23,25-27H,2,7-21H2,1H3. The van der Waals surface area contributed by atoms with Crippen LogP contribution in [0.25, 0.3) is 0 Å². The second-order valence-corrected chi connectivity index (χ2v) is 15.2. The highest BCUT2D eigenvalue weighted by Gasteiger charge is 2.66. The second kappa shape index (κ2) is 10.2. The number of ether oxygens (including phenoxy) is 2. The lowest BCUT2D eigenvalue weighted by Gasteiger charge is -2.57. The minimum absolute atomic E-state index is 0.469. The molecule has 2 spiro atoms. The van der Waals surface area contributed by atoms with Gasteiger partial charge >= 0.3 is 0 Å². The molecule has 7 fully saturated rings. The number of piperazine rings is 1. The van der Waals surface area contributed by atoms with Gasteiger partial charge in [0, 0.05) is 57.4 Å². The first-order chi connectivity index (χ1) is 18.8. The minimum Gasteiger partial charge on any atom is -0.494 e. The molecule has 0 radical (unpaired) electrons. The lowest BCUT2D eigenvalue weighted by atomic mass is 9.53. The molecule has 0 amide bonds. The number of benzene rings is 1. The highest BCUT2D eigenvalue weighted by atomic mass is 32.2. The van der Waals surface area contributed by atoms with E-state index < -0.39 is 21.6 Å². The highest BCUT2D eigenvalue weighted by molar-refractivity contribution is 7.88. The molecule has 1 aromatic rings. The van der Waals surface area contributed by atoms with Crippen LogP contribution in [0.4, 0.5) is 0 Å². The summed E-state index contributed by atoms with van der Waals surface area (Å²) in [6.07, 6.45) is 12.5. The van der Waals surface area contributed by atoms with Crippen molar-refractivity contribution < 1.29 is 27.7 Å². The lowest BCUT2D eigenvalue weighted by Crippen LogP contribution is -2.59. The maximum absolute atomic E-state index is 11.7. The zero-order valence-electron chi connectivity index (χ0n) is 23.3. The smallest absolute Gasteiger partial charge is 0.211 e. The van der Waals surface area contributed by atoms with Gasteiger partial charge in [0.05, 0.1) is 12.9 Å². The van der Waals surface area contributed by atoms with Gasteiger partial charge in [0.1, 0.15) is 5.75 Å². The van der Waals surface area contributed by atoms with Crippen LogP contribution in [0.2, 0.25) is 0 Å². The molecule has 8 rings (SSSR count). The molecule has 9 heteroatoms. The van der Waals surface area contributed by atoms with Crippen LogP contribution in [-0.4, -0.2) is 74.8 Å². The fourth-order valence-electron chi connectivity index (χ4n) is 8.79. The van der Waals surface area contributed by atoms with E-state index in [-0.39, 0.29) is 0 Å². The van der Waals surface area contributed by atoms with Crippen LogP contribution >= 0.6 is 0 Å². The predicted molar refractivity (Wildman–Crippen MR) is 146 cm³/mol. The Kier molecular flexibility index (Phi) is 7.00. The monoisotopic (exact) mass is 560 g/mol. The van der Waals surface area contributed by atoms with E-state index in [4.69, 9.17) is 19.2 Å². The zero-order valence-corrected chi connectivity index (χ0v) is 24.1. The zero-order chi connectivity index (χ0) is 26.7. The topological polar surface area (TPSA) is 77.5 Å². The van der Waals surface area contributed by atoms with Gasteiger partial charge in [0.2, 0.25) is 21.6 Å². The summed E-state index contributed by atoms with van der Waals surface area (Å²) >= 11 is 0. The number of hydrogen-bond acceptors (Lipinski definition) is 7. The fraction of sp³-hybridized carbons (Fsp3) is 0.800. The third-order valence-corrected chi connectivity index (χ3v) is 12.0. The van der Waals surface area contributed by atoms with Crippen LogP contribution in [0.15, 0.2) is 24.3 Å². The molecular formula is C30H44N2O6S. The van der Waals surface area contributed by atoms with Gasteiger partial charge in [0.15, 0.2) is 0 Å². The summed E-state index contributed by atoms with van der Waals surface area (Å²) in [5.74, 6) is 3.21. The van der Waals surface area contributed by atoms with E-state index >= 15 is 0 Å². The number of nitrogens with zero attached hydrogens (tertiary/aromatic N) is 2. The Morgan fingerprint density at radius 2 is 1.54 bits per heavy atom. The molecule has 5 saturated carbocycles. The minimum atomic E-state index is -3.07. The number of sulfonamides is 1. The van der Waals surface area contributed by atoms with Crippen molar-refractivity contribution in [3.8, 4) is 5.75 Å². The van der Waals surface area contributed by atoms with Crippen molar-refractivity contribution in [2.45, 2.75) is 81.7 Å². The molecule has 2 aliphatic heterocycles. The van der Waals surface area contributed by atoms with Crippen LogP contribution in [0, 0.1) is 23.7 Å². The van der Waals surface area contributed by atoms with Crippen LogP contribution in [0.3, 0.4) is 0 Å². The molecular weight excluding hydrogens is 516 g/mol. The first-order valence-electron chi connectivity index (χ1n) is 15.3. The van der Waals surface area contributed by atoms with Gasteiger partial charge in [-0.1, -0.05) is 12.1 Å². The predicted octanol–water partition coefficient (Wildman–Crippen LogP) is 4.52. The highest BCUT2D eigenvalue weighted by Crippen LogP contribution is 2.64. The third-order valence-electron chi connectivity index (χ3n) is 10.7. The van der Waals surface area contributed by atoms with E-state index in [1.54, 1.807) is 4.31 Å². The fourth-order valence-corrected chi connectivity index (χ4v) is 9.61. The molecule has 5 aliphatic carbocycles. The summed E-state index contributed by atoms with van der Waals surface area (Å²) in [4.78, 5) is 14.6. The molecule has 1 aromatic carbocycles. The largest absolute Gasteiger partial charge is 0.494 e. The summed E-state index contributed by atoms with van der Waals surface area (Å²) in [5, 5.41) is 0. The Morgan fingerprint density at radius 3 is 2.15 bits per heavy atom. The van der Waals surface area contributed by atoms with Gasteiger partial charge in [-0.3, -0.25) is 0 Å². The number of rotatable bonds is 7.